The fraction of sp³-hybridized carbons (Fsp3) is 0.556. The Morgan fingerprint density at radius 2 is 2.17 bits per heavy atom. The number of hydrogen-bond donors (Lipinski definition) is 2. The Hall–Kier alpha value is -2.08. The van der Waals surface area contributed by atoms with Gasteiger partial charge in [-0.1, -0.05) is 25.8 Å². The van der Waals surface area contributed by atoms with E-state index in [1.807, 2.05) is 25.1 Å². The first-order chi connectivity index (χ1) is 11.6. The van der Waals surface area contributed by atoms with E-state index < -0.39 is 0 Å². The van der Waals surface area contributed by atoms with Crippen LogP contribution < -0.4 is 20.7 Å². The van der Waals surface area contributed by atoms with Gasteiger partial charge in [0.2, 0.25) is 5.91 Å². The molecule has 0 spiro atoms. The SMILES string of the molecule is CC[C@@H](N)c1ccc2c(c1)N(CC(=O)NC1CCCC1)C(=O)CO2. The zero-order chi connectivity index (χ0) is 17.1. The second-order valence-electron chi connectivity index (χ2n) is 6.56. The molecule has 1 aliphatic heterocycles. The second-order valence-corrected chi connectivity index (χ2v) is 6.56. The van der Waals surface area contributed by atoms with Crippen LogP contribution >= 0.6 is 0 Å². The van der Waals surface area contributed by atoms with E-state index in [1.165, 1.54) is 4.90 Å². The number of fused-ring (bicyclic) bond motifs is 1. The minimum absolute atomic E-state index is 0.0243. The number of nitrogens with zero attached hydrogens (tertiary/aromatic N) is 1. The molecule has 1 fully saturated rings. The number of nitrogens with two attached hydrogens (primary N) is 1. The summed E-state index contributed by atoms with van der Waals surface area (Å²) in [5, 5.41) is 3.03. The number of nitrogens with one attached hydrogen (secondary N) is 1. The van der Waals surface area contributed by atoms with Gasteiger partial charge in [0.1, 0.15) is 12.3 Å². The van der Waals surface area contributed by atoms with Crippen molar-refractivity contribution in [2.24, 2.45) is 5.73 Å². The van der Waals surface area contributed by atoms with Crippen molar-refractivity contribution in [3.05, 3.63) is 23.8 Å². The summed E-state index contributed by atoms with van der Waals surface area (Å²) in [6.45, 7) is 2.00. The maximum absolute atomic E-state index is 12.3. The Kier molecular flexibility index (Phi) is 5.04. The van der Waals surface area contributed by atoms with Gasteiger partial charge < -0.3 is 15.8 Å². The summed E-state index contributed by atoms with van der Waals surface area (Å²) in [6, 6.07) is 5.76. The molecule has 2 amide bonds. The number of carbonyl (C=O) groups is 2. The van der Waals surface area contributed by atoms with Gasteiger partial charge in [0.15, 0.2) is 6.61 Å². The fourth-order valence-electron chi connectivity index (χ4n) is 3.35. The summed E-state index contributed by atoms with van der Waals surface area (Å²) in [4.78, 5) is 26.1. The Bertz CT molecular complexity index is 626. The van der Waals surface area contributed by atoms with Crippen molar-refractivity contribution in [3.8, 4) is 5.75 Å². The lowest BCUT2D eigenvalue weighted by Gasteiger charge is -2.30. The first kappa shape index (κ1) is 16.8. The third-order valence-electron chi connectivity index (χ3n) is 4.82. The van der Waals surface area contributed by atoms with Crippen LogP contribution in [0.1, 0.15) is 50.6 Å². The Morgan fingerprint density at radius 3 is 2.88 bits per heavy atom. The van der Waals surface area contributed by atoms with Crippen molar-refractivity contribution in [3.63, 3.8) is 0 Å². The molecule has 130 valence electrons. The van der Waals surface area contributed by atoms with Gasteiger partial charge in [-0.2, -0.15) is 0 Å². The minimum Gasteiger partial charge on any atom is -0.482 e. The predicted octanol–water partition coefficient (Wildman–Crippen LogP) is 1.88. The van der Waals surface area contributed by atoms with Gasteiger partial charge >= 0.3 is 0 Å². The van der Waals surface area contributed by atoms with Crippen LogP contribution in [0.25, 0.3) is 0 Å². The van der Waals surface area contributed by atoms with Gasteiger partial charge in [-0.3, -0.25) is 14.5 Å². The molecule has 24 heavy (non-hydrogen) atoms. The summed E-state index contributed by atoms with van der Waals surface area (Å²) >= 11 is 0. The molecule has 1 aliphatic carbocycles. The topological polar surface area (TPSA) is 84.7 Å². The number of anilines is 1. The van der Waals surface area contributed by atoms with Crippen molar-refractivity contribution >= 4 is 17.5 Å². The molecule has 1 saturated carbocycles. The number of ether oxygens (including phenoxy) is 1. The number of carbonyl (C=O) groups excluding carboxylic acids is 2. The van der Waals surface area contributed by atoms with Crippen LogP contribution in [-0.4, -0.2) is 31.0 Å². The third-order valence-corrected chi connectivity index (χ3v) is 4.82. The van der Waals surface area contributed by atoms with Gasteiger partial charge in [-0.15, -0.1) is 0 Å². The molecule has 0 bridgehead atoms. The first-order valence-electron chi connectivity index (χ1n) is 8.70. The zero-order valence-electron chi connectivity index (χ0n) is 14.1. The van der Waals surface area contributed by atoms with E-state index in [9.17, 15) is 9.59 Å². The molecule has 0 aromatic heterocycles. The lowest BCUT2D eigenvalue weighted by Crippen LogP contribution is -2.47. The molecule has 1 aromatic rings. The molecule has 6 heteroatoms. The van der Waals surface area contributed by atoms with Gasteiger partial charge in [0.25, 0.3) is 5.91 Å². The highest BCUT2D eigenvalue weighted by atomic mass is 16.5. The predicted molar refractivity (Wildman–Crippen MR) is 91.9 cm³/mol. The van der Waals surface area contributed by atoms with E-state index in [4.69, 9.17) is 10.5 Å². The van der Waals surface area contributed by atoms with Gasteiger partial charge in [0.05, 0.1) is 5.69 Å². The van der Waals surface area contributed by atoms with Crippen LogP contribution in [0.2, 0.25) is 0 Å². The lowest BCUT2D eigenvalue weighted by atomic mass is 10.0. The smallest absolute Gasteiger partial charge is 0.265 e. The number of rotatable bonds is 5. The third kappa shape index (κ3) is 3.53. The summed E-state index contributed by atoms with van der Waals surface area (Å²) in [7, 11) is 0. The second kappa shape index (κ2) is 7.21. The molecule has 1 heterocycles. The van der Waals surface area contributed by atoms with Crippen LogP contribution in [-0.2, 0) is 9.59 Å². The minimum atomic E-state index is -0.203. The molecule has 2 aliphatic rings. The fourth-order valence-corrected chi connectivity index (χ4v) is 3.35. The van der Waals surface area contributed by atoms with E-state index >= 15 is 0 Å². The maximum atomic E-state index is 12.3. The molecule has 0 unspecified atom stereocenters. The average Bonchev–Trinajstić information content (AvgIpc) is 3.09. The van der Waals surface area contributed by atoms with E-state index in [0.717, 1.165) is 37.7 Å². The Morgan fingerprint density at radius 1 is 1.42 bits per heavy atom. The van der Waals surface area contributed by atoms with Crippen LogP contribution in [0, 0.1) is 0 Å². The quantitative estimate of drug-likeness (QED) is 0.863. The summed E-state index contributed by atoms with van der Waals surface area (Å²) in [5.74, 6) is 0.301. The van der Waals surface area contributed by atoms with Crippen LogP contribution in [0.4, 0.5) is 5.69 Å². The maximum Gasteiger partial charge on any atom is 0.265 e. The molecule has 6 nitrogen and oxygen atoms in total. The molecule has 3 N–H and O–H groups in total. The van der Waals surface area contributed by atoms with Crippen molar-refractivity contribution in [1.29, 1.82) is 0 Å². The molecule has 1 atom stereocenters. The van der Waals surface area contributed by atoms with Gasteiger partial charge in [-0.25, -0.2) is 0 Å². The highest BCUT2D eigenvalue weighted by Gasteiger charge is 2.29. The molecule has 1 aromatic carbocycles. The molecular formula is C18H25N3O3. The standard InChI is InChI=1S/C18H25N3O3/c1-2-14(19)12-7-8-16-15(9-12)21(18(23)11-24-16)10-17(22)20-13-5-3-4-6-13/h7-9,13-14H,2-6,10-11,19H2,1H3,(H,20,22)/t14-/m1/s1. The summed E-state index contributed by atoms with van der Waals surface area (Å²) in [6.07, 6.45) is 5.16. The normalized spacial score (nSPS) is 18.9. The highest BCUT2D eigenvalue weighted by Crippen LogP contribution is 2.34. The number of benzene rings is 1. The summed E-state index contributed by atoms with van der Waals surface area (Å²) < 4.78 is 5.49. The van der Waals surface area contributed by atoms with Gasteiger partial charge in [-0.05, 0) is 37.0 Å². The molecule has 0 radical (unpaired) electrons. The number of amides is 2. The zero-order valence-corrected chi connectivity index (χ0v) is 14.1. The Balaban J connectivity index is 1.77. The largest absolute Gasteiger partial charge is 0.482 e. The molecular weight excluding hydrogens is 306 g/mol. The van der Waals surface area contributed by atoms with E-state index in [-0.39, 0.29) is 37.0 Å². The highest BCUT2D eigenvalue weighted by molar-refractivity contribution is 6.02. The first-order valence-corrected chi connectivity index (χ1v) is 8.70. The van der Waals surface area contributed by atoms with Crippen molar-refractivity contribution in [2.45, 2.75) is 51.1 Å². The van der Waals surface area contributed by atoms with Crippen molar-refractivity contribution in [1.82, 2.24) is 5.32 Å². The average molecular weight is 331 g/mol. The van der Waals surface area contributed by atoms with Crippen LogP contribution in [0.15, 0.2) is 18.2 Å². The number of hydrogen-bond acceptors (Lipinski definition) is 4. The van der Waals surface area contributed by atoms with Gasteiger partial charge in [0, 0.05) is 12.1 Å². The molecule has 3 rings (SSSR count). The van der Waals surface area contributed by atoms with Crippen molar-refractivity contribution < 1.29 is 14.3 Å². The Labute approximate surface area is 142 Å². The monoisotopic (exact) mass is 331 g/mol. The van der Waals surface area contributed by atoms with E-state index in [1.54, 1.807) is 0 Å². The van der Waals surface area contributed by atoms with Crippen LogP contribution in [0.3, 0.4) is 0 Å². The van der Waals surface area contributed by atoms with Crippen LogP contribution in [0.5, 0.6) is 5.75 Å². The summed E-state index contributed by atoms with van der Waals surface area (Å²) in [5.41, 5.74) is 7.67. The lowest BCUT2D eigenvalue weighted by molar-refractivity contribution is -0.125. The van der Waals surface area contributed by atoms with E-state index in [0.29, 0.717) is 11.4 Å². The van der Waals surface area contributed by atoms with E-state index in [2.05, 4.69) is 5.32 Å². The van der Waals surface area contributed by atoms with Crippen molar-refractivity contribution in [2.75, 3.05) is 18.1 Å². The molecule has 0 saturated heterocycles.